The van der Waals surface area contributed by atoms with E-state index in [0.717, 1.165) is 5.54 Å². The normalized spacial score (nSPS) is 4.25. The Labute approximate surface area is 29.4 Å². The molecule has 4 heavy (non-hydrogen) atoms. The number of nitrogens with one attached hydrogen (secondary N) is 1. The SMILES string of the molecule is N=C=CCl. The standard InChI is InChI=1S/C2H2ClN/c3-1-2-4/h1,4H. The van der Waals surface area contributed by atoms with E-state index in [9.17, 15) is 0 Å². The van der Waals surface area contributed by atoms with E-state index >= 15 is 0 Å². The lowest BCUT2D eigenvalue weighted by molar-refractivity contribution is 1.60. The van der Waals surface area contributed by atoms with Crippen molar-refractivity contribution in [2.24, 2.45) is 0 Å². The average molecular weight is 75.5 g/mol. The lowest BCUT2D eigenvalue weighted by Gasteiger charge is -1.33. The van der Waals surface area contributed by atoms with E-state index in [1.165, 1.54) is 0 Å². The van der Waals surface area contributed by atoms with Gasteiger partial charge in [-0.1, -0.05) is 11.6 Å². The topological polar surface area (TPSA) is 23.9 Å². The molecular weight excluding hydrogens is 73.5 g/mol. The van der Waals surface area contributed by atoms with Crippen LogP contribution in [0.4, 0.5) is 0 Å². The first-order valence-corrected chi connectivity index (χ1v) is 1.19. The summed E-state index contributed by atoms with van der Waals surface area (Å²) in [7, 11) is 0. The van der Waals surface area contributed by atoms with Gasteiger partial charge in [-0.2, -0.15) is 0 Å². The van der Waals surface area contributed by atoms with Gasteiger partial charge in [-0.25, -0.2) is 0 Å². The van der Waals surface area contributed by atoms with Gasteiger partial charge in [0, 0.05) is 0 Å². The Hall–Kier alpha value is -0.260. The van der Waals surface area contributed by atoms with E-state index in [2.05, 4.69) is 0 Å². The van der Waals surface area contributed by atoms with Crippen molar-refractivity contribution in [3.05, 3.63) is 5.54 Å². The third-order valence-corrected chi connectivity index (χ3v) is 0.164. The maximum atomic E-state index is 6.01. The minimum Gasteiger partial charge on any atom is -0.258 e. The summed E-state index contributed by atoms with van der Waals surface area (Å²) >= 11 is 4.76. The Balaban J connectivity index is 3.11. The van der Waals surface area contributed by atoms with Crippen molar-refractivity contribution in [2.45, 2.75) is 0 Å². The van der Waals surface area contributed by atoms with Gasteiger partial charge >= 0.3 is 0 Å². The van der Waals surface area contributed by atoms with Crippen molar-refractivity contribution in [2.75, 3.05) is 0 Å². The van der Waals surface area contributed by atoms with Crippen LogP contribution < -0.4 is 0 Å². The molecule has 0 saturated carbocycles. The van der Waals surface area contributed by atoms with E-state index in [1.807, 2.05) is 5.87 Å². The van der Waals surface area contributed by atoms with E-state index in [-0.39, 0.29) is 0 Å². The molecule has 0 aliphatic carbocycles. The van der Waals surface area contributed by atoms with Gasteiger partial charge in [0.25, 0.3) is 0 Å². The van der Waals surface area contributed by atoms with Gasteiger partial charge in [0.2, 0.25) is 0 Å². The highest BCUT2D eigenvalue weighted by atomic mass is 35.5. The maximum absolute atomic E-state index is 6.01. The Morgan fingerprint density at radius 2 is 2.25 bits per heavy atom. The molecule has 0 atom stereocenters. The van der Waals surface area contributed by atoms with Gasteiger partial charge in [0.1, 0.15) is 0 Å². The second-order valence-corrected chi connectivity index (χ2v) is 0.472. The fourth-order valence-electron chi connectivity index (χ4n) is 0. The molecular formula is C2H2ClN. The van der Waals surface area contributed by atoms with Gasteiger partial charge in [0.15, 0.2) is 0 Å². The monoisotopic (exact) mass is 75.0 g/mol. The molecule has 0 fully saturated rings. The molecule has 0 bridgehead atoms. The van der Waals surface area contributed by atoms with Gasteiger partial charge in [0.05, 0.1) is 5.54 Å². The summed E-state index contributed by atoms with van der Waals surface area (Å²) in [4.78, 5) is 0. The molecule has 0 amide bonds. The van der Waals surface area contributed by atoms with Crippen molar-refractivity contribution in [1.29, 1.82) is 5.41 Å². The molecule has 0 unspecified atom stereocenters. The second-order valence-electron chi connectivity index (χ2n) is 0.253. The molecule has 0 spiro atoms. The highest BCUT2D eigenvalue weighted by Gasteiger charge is 1.30. The van der Waals surface area contributed by atoms with Gasteiger partial charge in [-0.15, -0.1) is 0 Å². The van der Waals surface area contributed by atoms with Crippen LogP contribution in [0.3, 0.4) is 0 Å². The summed E-state index contributed by atoms with van der Waals surface area (Å²) in [5.74, 6) is 1.82. The van der Waals surface area contributed by atoms with Crippen LogP contribution in [0, 0.1) is 5.41 Å². The molecule has 1 nitrogen and oxygen atoms in total. The smallest absolute Gasteiger partial charge is 0.0651 e. The van der Waals surface area contributed by atoms with E-state index < -0.39 is 0 Å². The quantitative estimate of drug-likeness (QED) is 0.415. The van der Waals surface area contributed by atoms with Gasteiger partial charge in [-0.05, 0) is 5.87 Å². The summed E-state index contributed by atoms with van der Waals surface area (Å²) in [6, 6.07) is 0. The van der Waals surface area contributed by atoms with Crippen LogP contribution in [-0.2, 0) is 0 Å². The largest absolute Gasteiger partial charge is 0.258 e. The first-order valence-electron chi connectivity index (χ1n) is 0.757. The van der Waals surface area contributed by atoms with Crippen molar-refractivity contribution in [3.8, 4) is 0 Å². The molecule has 0 heterocycles. The first kappa shape index (κ1) is 3.74. The molecule has 2 heteroatoms. The van der Waals surface area contributed by atoms with Crippen LogP contribution in [0.25, 0.3) is 0 Å². The molecule has 0 aromatic rings. The van der Waals surface area contributed by atoms with Gasteiger partial charge < -0.3 is 0 Å². The zero-order valence-electron chi connectivity index (χ0n) is 1.96. The van der Waals surface area contributed by atoms with Crippen molar-refractivity contribution < 1.29 is 0 Å². The highest BCUT2D eigenvalue weighted by Crippen LogP contribution is 1.59. The van der Waals surface area contributed by atoms with Crippen LogP contribution in [-0.4, -0.2) is 5.87 Å². The Morgan fingerprint density at radius 1 is 2.00 bits per heavy atom. The number of hydrogen-bond donors (Lipinski definition) is 1. The summed E-state index contributed by atoms with van der Waals surface area (Å²) in [6.45, 7) is 0. The lowest BCUT2D eigenvalue weighted by atomic mass is 11.2. The van der Waals surface area contributed by atoms with Crippen LogP contribution >= 0.6 is 11.6 Å². The van der Waals surface area contributed by atoms with E-state index in [1.54, 1.807) is 0 Å². The van der Waals surface area contributed by atoms with E-state index in [4.69, 9.17) is 17.0 Å². The summed E-state index contributed by atoms with van der Waals surface area (Å²) < 4.78 is 0. The zero-order valence-corrected chi connectivity index (χ0v) is 2.71. The van der Waals surface area contributed by atoms with Gasteiger partial charge in [-0.3, -0.25) is 5.41 Å². The fraction of sp³-hybridized carbons (Fsp3) is 0. The Morgan fingerprint density at radius 3 is 2.25 bits per heavy atom. The highest BCUT2D eigenvalue weighted by molar-refractivity contribution is 6.28. The summed E-state index contributed by atoms with van der Waals surface area (Å²) in [5, 5.41) is 6.01. The minimum atomic E-state index is 1.01. The fourth-order valence-corrected chi connectivity index (χ4v) is 0. The number of hydrogen-bond acceptors (Lipinski definition) is 1. The Kier molecular flexibility index (Phi) is 2.56. The second kappa shape index (κ2) is 2.74. The molecule has 0 rings (SSSR count). The summed E-state index contributed by atoms with van der Waals surface area (Å²) in [6.07, 6.45) is 0. The number of rotatable bonds is 0. The van der Waals surface area contributed by atoms with Crippen molar-refractivity contribution in [3.63, 3.8) is 0 Å². The average Bonchev–Trinajstić information content (AvgIpc) is 1.37. The Bertz CT molecular complexity index is 44.0. The lowest BCUT2D eigenvalue weighted by Crippen LogP contribution is -1.23. The molecule has 0 aliphatic rings. The predicted octanol–water partition coefficient (Wildman–Crippen LogP) is 0.987. The van der Waals surface area contributed by atoms with Crippen molar-refractivity contribution >= 4 is 17.5 Å². The molecule has 0 aromatic carbocycles. The zero-order chi connectivity index (χ0) is 3.41. The molecule has 0 aromatic heterocycles. The molecule has 0 aliphatic heterocycles. The minimum absolute atomic E-state index is 1.01. The first-order chi connectivity index (χ1) is 1.91. The number of halogens is 1. The van der Waals surface area contributed by atoms with E-state index in [0.29, 0.717) is 0 Å². The third-order valence-electron chi connectivity index (χ3n) is 0.0546. The molecule has 0 radical (unpaired) electrons. The van der Waals surface area contributed by atoms with Crippen LogP contribution in [0.5, 0.6) is 0 Å². The molecule has 22 valence electrons. The summed E-state index contributed by atoms with van der Waals surface area (Å²) in [5.41, 5.74) is 1.01. The van der Waals surface area contributed by atoms with Crippen LogP contribution in [0.1, 0.15) is 0 Å². The van der Waals surface area contributed by atoms with Crippen LogP contribution in [0.2, 0.25) is 0 Å². The van der Waals surface area contributed by atoms with Crippen LogP contribution in [0.15, 0.2) is 5.54 Å². The maximum Gasteiger partial charge on any atom is 0.0651 e. The predicted molar refractivity (Wildman–Crippen MR) is 18.1 cm³/mol. The molecule has 1 N–H and O–H groups in total. The molecule has 0 saturated heterocycles. The third kappa shape index (κ3) is 1.74. The van der Waals surface area contributed by atoms with Crippen molar-refractivity contribution in [1.82, 2.24) is 0 Å².